The van der Waals surface area contributed by atoms with E-state index in [9.17, 15) is 13.2 Å². The van der Waals surface area contributed by atoms with Gasteiger partial charge in [-0.2, -0.15) is 0 Å². The van der Waals surface area contributed by atoms with Crippen molar-refractivity contribution in [1.82, 2.24) is 0 Å². The van der Waals surface area contributed by atoms with Crippen LogP contribution in [0.4, 0.5) is 18.9 Å². The number of alkyl halides is 3. The third-order valence-corrected chi connectivity index (χ3v) is 3.06. The number of ether oxygens (including phenoxy) is 1. The molecular formula is C13H17BrF3NO2. The number of nitrogens with one attached hydrogen (secondary N) is 1. The Labute approximate surface area is 124 Å². The number of aliphatic hydroxyl groups is 1. The van der Waals surface area contributed by atoms with Crippen LogP contribution in [-0.2, 0) is 0 Å². The van der Waals surface area contributed by atoms with Gasteiger partial charge in [-0.25, -0.2) is 0 Å². The highest BCUT2D eigenvalue weighted by molar-refractivity contribution is 9.10. The van der Waals surface area contributed by atoms with E-state index >= 15 is 0 Å². The van der Waals surface area contributed by atoms with Crippen molar-refractivity contribution >= 4 is 21.6 Å². The first kappa shape index (κ1) is 17.1. The van der Waals surface area contributed by atoms with E-state index in [0.29, 0.717) is 16.7 Å². The number of benzene rings is 1. The van der Waals surface area contributed by atoms with Crippen LogP contribution < -0.4 is 10.1 Å². The Bertz CT molecular complexity index is 413. The average Bonchev–Trinajstić information content (AvgIpc) is 2.34. The van der Waals surface area contributed by atoms with Crippen LogP contribution in [0.25, 0.3) is 0 Å². The van der Waals surface area contributed by atoms with Gasteiger partial charge in [-0.3, -0.25) is 0 Å². The molecule has 7 heteroatoms. The lowest BCUT2D eigenvalue weighted by Crippen LogP contribution is -2.18. The highest BCUT2D eigenvalue weighted by Crippen LogP contribution is 2.32. The Morgan fingerprint density at radius 2 is 1.85 bits per heavy atom. The van der Waals surface area contributed by atoms with Crippen molar-refractivity contribution in [1.29, 1.82) is 0 Å². The Kier molecular flexibility index (Phi) is 7.15. The summed E-state index contributed by atoms with van der Waals surface area (Å²) in [7, 11) is 0. The normalized spacial score (nSPS) is 11.4. The fourth-order valence-electron chi connectivity index (χ4n) is 1.66. The Hall–Kier alpha value is -0.950. The molecule has 3 nitrogen and oxygen atoms in total. The molecule has 114 valence electrons. The average molecular weight is 356 g/mol. The fourth-order valence-corrected chi connectivity index (χ4v) is 2.00. The van der Waals surface area contributed by atoms with Crippen LogP contribution >= 0.6 is 15.9 Å². The zero-order valence-electron chi connectivity index (χ0n) is 10.8. The molecule has 0 spiro atoms. The van der Waals surface area contributed by atoms with Crippen LogP contribution in [-0.4, -0.2) is 24.6 Å². The summed E-state index contributed by atoms with van der Waals surface area (Å²) in [5.74, 6) is -0.248. The van der Waals surface area contributed by atoms with Gasteiger partial charge in [-0.1, -0.05) is 28.8 Å². The summed E-state index contributed by atoms with van der Waals surface area (Å²) in [5.41, 5.74) is 0.313. The monoisotopic (exact) mass is 355 g/mol. The van der Waals surface area contributed by atoms with Crippen LogP contribution in [0.1, 0.15) is 25.7 Å². The first-order chi connectivity index (χ1) is 9.42. The highest BCUT2D eigenvalue weighted by atomic mass is 79.9. The van der Waals surface area contributed by atoms with E-state index in [1.54, 1.807) is 12.1 Å². The third kappa shape index (κ3) is 7.00. The van der Waals surface area contributed by atoms with E-state index < -0.39 is 6.36 Å². The van der Waals surface area contributed by atoms with Gasteiger partial charge in [-0.05, 0) is 31.0 Å². The van der Waals surface area contributed by atoms with Gasteiger partial charge in [0.1, 0.15) is 0 Å². The smallest absolute Gasteiger partial charge is 0.404 e. The Morgan fingerprint density at radius 3 is 2.50 bits per heavy atom. The van der Waals surface area contributed by atoms with E-state index in [4.69, 9.17) is 5.11 Å². The molecule has 20 heavy (non-hydrogen) atoms. The zero-order chi connectivity index (χ0) is 15.0. The number of unbranched alkanes of at least 4 members (excludes halogenated alkanes) is 3. The van der Waals surface area contributed by atoms with Crippen molar-refractivity contribution in [2.75, 3.05) is 18.5 Å². The molecule has 0 bridgehead atoms. The van der Waals surface area contributed by atoms with Crippen molar-refractivity contribution < 1.29 is 23.0 Å². The molecular weight excluding hydrogens is 339 g/mol. The van der Waals surface area contributed by atoms with Crippen molar-refractivity contribution in [3.8, 4) is 5.75 Å². The van der Waals surface area contributed by atoms with E-state index in [1.165, 1.54) is 6.07 Å². The maximum absolute atomic E-state index is 12.3. The minimum absolute atomic E-state index is 0.170. The minimum atomic E-state index is -4.71. The Balaban J connectivity index is 2.51. The molecule has 0 heterocycles. The molecule has 0 aromatic heterocycles. The van der Waals surface area contributed by atoms with Crippen molar-refractivity contribution in [2.24, 2.45) is 0 Å². The molecule has 0 amide bonds. The maximum Gasteiger partial charge on any atom is 0.573 e. The van der Waals surface area contributed by atoms with Crippen LogP contribution in [0.3, 0.4) is 0 Å². The van der Waals surface area contributed by atoms with Gasteiger partial charge in [0.05, 0.1) is 5.69 Å². The van der Waals surface area contributed by atoms with Crippen LogP contribution in [0.15, 0.2) is 22.7 Å². The van der Waals surface area contributed by atoms with Gasteiger partial charge in [0.2, 0.25) is 0 Å². The third-order valence-electron chi connectivity index (χ3n) is 2.57. The lowest BCUT2D eigenvalue weighted by molar-refractivity contribution is -0.274. The van der Waals surface area contributed by atoms with Crippen LogP contribution in [0.5, 0.6) is 5.75 Å². The number of rotatable bonds is 8. The number of hydrogen-bond donors (Lipinski definition) is 2. The molecule has 0 aliphatic rings. The fraction of sp³-hybridized carbons (Fsp3) is 0.538. The second-order valence-corrected chi connectivity index (χ2v) is 5.17. The van der Waals surface area contributed by atoms with Gasteiger partial charge >= 0.3 is 6.36 Å². The molecule has 0 unspecified atom stereocenters. The standard InChI is InChI=1S/C13H17BrF3NO2/c14-10-5-6-11(12(9-10)20-13(15,16)17)18-7-3-1-2-4-8-19/h5-6,9,18-19H,1-4,7-8H2. The highest BCUT2D eigenvalue weighted by Gasteiger charge is 2.32. The molecule has 0 aliphatic heterocycles. The second kappa shape index (κ2) is 8.36. The second-order valence-electron chi connectivity index (χ2n) is 4.25. The molecule has 0 aliphatic carbocycles. The number of hydrogen-bond acceptors (Lipinski definition) is 3. The zero-order valence-corrected chi connectivity index (χ0v) is 12.4. The van der Waals surface area contributed by atoms with Gasteiger partial charge in [0.15, 0.2) is 5.75 Å². The van der Waals surface area contributed by atoms with Crippen LogP contribution in [0.2, 0.25) is 0 Å². The van der Waals surface area contributed by atoms with Gasteiger partial charge in [0.25, 0.3) is 0 Å². The first-order valence-corrected chi connectivity index (χ1v) is 7.11. The maximum atomic E-state index is 12.3. The van der Waals surface area contributed by atoms with Crippen molar-refractivity contribution in [3.63, 3.8) is 0 Å². The summed E-state index contributed by atoms with van der Waals surface area (Å²) in [5, 5.41) is 11.6. The summed E-state index contributed by atoms with van der Waals surface area (Å²) in [6.45, 7) is 0.727. The predicted octanol–water partition coefficient (Wildman–Crippen LogP) is 4.31. The van der Waals surface area contributed by atoms with Crippen LogP contribution in [0, 0.1) is 0 Å². The number of halogens is 4. The van der Waals surface area contributed by atoms with Crippen molar-refractivity contribution in [3.05, 3.63) is 22.7 Å². The minimum Gasteiger partial charge on any atom is -0.404 e. The molecule has 1 aromatic carbocycles. The topological polar surface area (TPSA) is 41.5 Å². The van der Waals surface area contributed by atoms with Crippen molar-refractivity contribution in [2.45, 2.75) is 32.0 Å². The van der Waals surface area contributed by atoms with E-state index in [-0.39, 0.29) is 12.4 Å². The summed E-state index contributed by atoms with van der Waals surface area (Å²) in [6, 6.07) is 4.47. The number of anilines is 1. The van der Waals surface area contributed by atoms with E-state index in [1.807, 2.05) is 0 Å². The van der Waals surface area contributed by atoms with Gasteiger partial charge in [0, 0.05) is 17.6 Å². The first-order valence-electron chi connectivity index (χ1n) is 6.32. The molecule has 1 aromatic rings. The largest absolute Gasteiger partial charge is 0.573 e. The summed E-state index contributed by atoms with van der Waals surface area (Å²) >= 11 is 3.12. The summed E-state index contributed by atoms with van der Waals surface area (Å²) in [4.78, 5) is 0. The Morgan fingerprint density at radius 1 is 1.15 bits per heavy atom. The molecule has 0 fully saturated rings. The van der Waals surface area contributed by atoms with Gasteiger partial charge < -0.3 is 15.2 Å². The quantitative estimate of drug-likeness (QED) is 0.682. The van der Waals surface area contributed by atoms with E-state index in [2.05, 4.69) is 26.0 Å². The number of aliphatic hydroxyl groups excluding tert-OH is 1. The van der Waals surface area contributed by atoms with Gasteiger partial charge in [-0.15, -0.1) is 13.2 Å². The molecule has 0 radical (unpaired) electrons. The summed E-state index contributed by atoms with van der Waals surface area (Å²) < 4.78 is 41.4. The molecule has 0 saturated heterocycles. The lowest BCUT2D eigenvalue weighted by Gasteiger charge is -2.15. The SMILES string of the molecule is OCCCCCCNc1ccc(Br)cc1OC(F)(F)F. The molecule has 0 saturated carbocycles. The molecule has 0 atom stereocenters. The molecule has 1 rings (SSSR count). The molecule has 2 N–H and O–H groups in total. The summed E-state index contributed by atoms with van der Waals surface area (Å²) in [6.07, 6.45) is -1.31. The lowest BCUT2D eigenvalue weighted by atomic mass is 10.2. The predicted molar refractivity (Wildman–Crippen MR) is 74.9 cm³/mol. The van der Waals surface area contributed by atoms with E-state index in [0.717, 1.165) is 25.7 Å².